The molecule has 0 aromatic heterocycles. The molecular weight excluding hydrogens is 124 g/mol. The van der Waals surface area contributed by atoms with Gasteiger partial charge in [0.25, 0.3) is 0 Å². The Morgan fingerprint density at radius 2 is 1.90 bits per heavy atom. The van der Waals surface area contributed by atoms with E-state index < -0.39 is 0 Å². The molecule has 1 aliphatic carbocycles. The van der Waals surface area contributed by atoms with E-state index in [9.17, 15) is 5.11 Å². The van der Waals surface area contributed by atoms with Gasteiger partial charge in [0.1, 0.15) is 0 Å². The van der Waals surface area contributed by atoms with Gasteiger partial charge in [-0.05, 0) is 18.8 Å². The van der Waals surface area contributed by atoms with E-state index in [-0.39, 0.29) is 0 Å². The zero-order chi connectivity index (χ0) is 7.23. The van der Waals surface area contributed by atoms with E-state index in [0.29, 0.717) is 0 Å². The predicted molar refractivity (Wildman–Crippen MR) is 39.7 cm³/mol. The van der Waals surface area contributed by atoms with E-state index >= 15 is 0 Å². The lowest BCUT2D eigenvalue weighted by molar-refractivity contribution is 0.360. The van der Waals surface area contributed by atoms with Crippen LogP contribution in [0.25, 0.3) is 0 Å². The first-order chi connectivity index (χ1) is 4.93. The van der Waals surface area contributed by atoms with Crippen LogP contribution in [0.2, 0.25) is 0 Å². The van der Waals surface area contributed by atoms with Crippen molar-refractivity contribution in [2.24, 2.45) is 5.92 Å². The maximum absolute atomic E-state index is 9.81. The zero-order valence-corrected chi connectivity index (χ0v) is 6.23. The van der Waals surface area contributed by atoms with Crippen molar-refractivity contribution in [3.8, 4) is 12.0 Å². The van der Waals surface area contributed by atoms with Crippen LogP contribution in [0.3, 0.4) is 0 Å². The number of rotatable bonds is 1. The second-order valence-electron chi connectivity index (χ2n) is 2.99. The molecular formula is C9H13O. The smallest absolute Gasteiger partial charge is 0.172 e. The van der Waals surface area contributed by atoms with E-state index in [1.165, 1.54) is 32.1 Å². The van der Waals surface area contributed by atoms with Crippen LogP contribution < -0.4 is 0 Å². The van der Waals surface area contributed by atoms with Gasteiger partial charge >= 0.3 is 0 Å². The lowest BCUT2D eigenvalue weighted by atomic mass is 9.87. The first-order valence-electron chi connectivity index (χ1n) is 4.03. The fourth-order valence-corrected chi connectivity index (χ4v) is 1.58. The summed E-state index contributed by atoms with van der Waals surface area (Å²) in [5.41, 5.74) is 0. The van der Waals surface area contributed by atoms with E-state index in [0.717, 1.165) is 12.3 Å². The molecule has 0 N–H and O–H groups in total. The van der Waals surface area contributed by atoms with Crippen molar-refractivity contribution in [3.05, 3.63) is 0 Å². The molecule has 1 nitrogen and oxygen atoms in total. The molecule has 1 radical (unpaired) electrons. The van der Waals surface area contributed by atoms with Crippen molar-refractivity contribution < 1.29 is 5.11 Å². The molecule has 1 saturated carbocycles. The summed E-state index contributed by atoms with van der Waals surface area (Å²) in [7, 11) is 0. The topological polar surface area (TPSA) is 19.9 Å². The predicted octanol–water partition coefficient (Wildman–Crippen LogP) is 2.35. The third kappa shape index (κ3) is 2.31. The highest BCUT2D eigenvalue weighted by Crippen LogP contribution is 2.25. The van der Waals surface area contributed by atoms with Crippen molar-refractivity contribution >= 4 is 0 Å². The number of hydrogen-bond donors (Lipinski definition) is 0. The first-order valence-corrected chi connectivity index (χ1v) is 4.03. The summed E-state index contributed by atoms with van der Waals surface area (Å²) < 4.78 is 0. The van der Waals surface area contributed by atoms with Gasteiger partial charge in [0, 0.05) is 6.42 Å². The Kier molecular flexibility index (Phi) is 3.15. The first kappa shape index (κ1) is 7.47. The Hall–Kier alpha value is -0.640. The minimum atomic E-state index is 0.732. The molecule has 1 heteroatoms. The fourth-order valence-electron chi connectivity index (χ4n) is 1.58. The molecule has 0 aromatic carbocycles. The Bertz CT molecular complexity index is 135. The fraction of sp³-hybridized carbons (Fsp3) is 0.778. The van der Waals surface area contributed by atoms with Crippen LogP contribution in [0.1, 0.15) is 38.5 Å². The van der Waals surface area contributed by atoms with Gasteiger partial charge in [-0.15, -0.1) is 0 Å². The highest BCUT2D eigenvalue weighted by molar-refractivity contribution is 4.92. The van der Waals surface area contributed by atoms with Crippen molar-refractivity contribution in [1.29, 1.82) is 0 Å². The summed E-state index contributed by atoms with van der Waals surface area (Å²) >= 11 is 0. The second kappa shape index (κ2) is 4.22. The van der Waals surface area contributed by atoms with Gasteiger partial charge in [-0.3, -0.25) is 0 Å². The summed E-state index contributed by atoms with van der Waals surface area (Å²) in [4.78, 5) is 0. The van der Waals surface area contributed by atoms with E-state index in [4.69, 9.17) is 0 Å². The average Bonchev–Trinajstić information content (AvgIpc) is 2.03. The standard InChI is InChI=1S/C9H13O/c10-8-4-7-9-5-2-1-3-6-9/h9H,1-3,5-7H2. The Morgan fingerprint density at radius 1 is 1.20 bits per heavy atom. The Balaban J connectivity index is 2.17. The minimum Gasteiger partial charge on any atom is -0.224 e. The normalized spacial score (nSPS) is 19.6. The van der Waals surface area contributed by atoms with Crippen molar-refractivity contribution in [3.63, 3.8) is 0 Å². The molecule has 0 spiro atoms. The van der Waals surface area contributed by atoms with Crippen molar-refractivity contribution in [2.75, 3.05) is 0 Å². The van der Waals surface area contributed by atoms with Gasteiger partial charge in [0.15, 0.2) is 6.11 Å². The van der Waals surface area contributed by atoms with Gasteiger partial charge < -0.3 is 0 Å². The van der Waals surface area contributed by atoms with Crippen LogP contribution in [0.15, 0.2) is 0 Å². The molecule has 1 fully saturated rings. The lowest BCUT2D eigenvalue weighted by Crippen LogP contribution is -2.04. The van der Waals surface area contributed by atoms with Crippen LogP contribution in [0, 0.1) is 17.9 Å². The quantitative estimate of drug-likeness (QED) is 0.494. The van der Waals surface area contributed by atoms with Crippen LogP contribution in [-0.4, -0.2) is 0 Å². The van der Waals surface area contributed by atoms with Crippen LogP contribution in [0.4, 0.5) is 0 Å². The summed E-state index contributed by atoms with van der Waals surface area (Å²) in [5, 5.41) is 9.81. The second-order valence-corrected chi connectivity index (χ2v) is 2.99. The molecule has 0 unspecified atom stereocenters. The van der Waals surface area contributed by atoms with Crippen LogP contribution in [-0.2, 0) is 5.11 Å². The Morgan fingerprint density at radius 3 is 2.50 bits per heavy atom. The molecule has 0 aliphatic heterocycles. The lowest BCUT2D eigenvalue weighted by Gasteiger charge is -2.18. The molecule has 55 valence electrons. The Labute approximate surface area is 62.4 Å². The average molecular weight is 137 g/mol. The monoisotopic (exact) mass is 137 g/mol. The zero-order valence-electron chi connectivity index (χ0n) is 6.23. The van der Waals surface area contributed by atoms with Gasteiger partial charge in [-0.2, -0.15) is 0 Å². The van der Waals surface area contributed by atoms with Crippen LogP contribution in [0.5, 0.6) is 0 Å². The highest BCUT2D eigenvalue weighted by Gasteiger charge is 2.11. The summed E-state index contributed by atoms with van der Waals surface area (Å²) in [5.74, 6) is 3.34. The molecule has 0 saturated heterocycles. The largest absolute Gasteiger partial charge is 0.224 e. The van der Waals surface area contributed by atoms with Crippen molar-refractivity contribution in [2.45, 2.75) is 38.5 Å². The molecule has 0 bridgehead atoms. The van der Waals surface area contributed by atoms with Gasteiger partial charge in [-0.25, -0.2) is 5.11 Å². The molecule has 0 heterocycles. The molecule has 0 atom stereocenters. The maximum atomic E-state index is 9.81. The third-order valence-corrected chi connectivity index (χ3v) is 2.19. The SMILES string of the molecule is [O]C#CCC1CCCCC1. The molecule has 1 aliphatic rings. The molecule has 0 amide bonds. The van der Waals surface area contributed by atoms with Crippen LogP contribution >= 0.6 is 0 Å². The summed E-state index contributed by atoms with van der Waals surface area (Å²) in [6.45, 7) is 0. The van der Waals surface area contributed by atoms with Gasteiger partial charge in [0.2, 0.25) is 0 Å². The van der Waals surface area contributed by atoms with E-state index in [1.54, 1.807) is 6.11 Å². The molecule has 10 heavy (non-hydrogen) atoms. The summed E-state index contributed by atoms with van der Waals surface area (Å²) in [6.07, 6.45) is 9.18. The highest BCUT2D eigenvalue weighted by atomic mass is 16.2. The molecule has 0 aromatic rings. The van der Waals surface area contributed by atoms with Crippen molar-refractivity contribution in [1.82, 2.24) is 0 Å². The minimum absolute atomic E-state index is 0.732. The third-order valence-electron chi connectivity index (χ3n) is 2.19. The van der Waals surface area contributed by atoms with E-state index in [2.05, 4.69) is 5.92 Å². The van der Waals surface area contributed by atoms with Gasteiger partial charge in [0.05, 0.1) is 0 Å². The van der Waals surface area contributed by atoms with Gasteiger partial charge in [-0.1, -0.05) is 25.2 Å². The number of hydrogen-bond acceptors (Lipinski definition) is 0. The molecule has 1 rings (SSSR count). The summed E-state index contributed by atoms with van der Waals surface area (Å²) in [6, 6.07) is 0. The maximum Gasteiger partial charge on any atom is 0.172 e. The van der Waals surface area contributed by atoms with E-state index in [1.807, 2.05) is 0 Å².